The Kier molecular flexibility index (Phi) is 13.8. The first-order valence-corrected chi connectivity index (χ1v) is 15.5. The summed E-state index contributed by atoms with van der Waals surface area (Å²) >= 11 is 6.33. The van der Waals surface area contributed by atoms with Gasteiger partial charge < -0.3 is 10.0 Å². The van der Waals surface area contributed by atoms with Gasteiger partial charge in [-0.2, -0.15) is 0 Å². The lowest BCUT2D eigenvalue weighted by atomic mass is 9.98. The number of benzene rings is 3. The van der Waals surface area contributed by atoms with E-state index in [-0.39, 0.29) is 0 Å². The molecule has 0 aliphatic rings. The number of halogens is 1. The number of aliphatic hydroxyl groups is 1. The highest BCUT2D eigenvalue weighted by Crippen LogP contribution is 2.30. The first kappa shape index (κ1) is 29.9. The Morgan fingerprint density at radius 1 is 0.622 bits per heavy atom. The zero-order valence-electron chi connectivity index (χ0n) is 23.5. The normalized spacial score (nSPS) is 12.7. The minimum atomic E-state index is -0.479. The fraction of sp³-hybridized carbons (Fsp3) is 0.588. The average Bonchev–Trinajstić information content (AvgIpc) is 2.91. The van der Waals surface area contributed by atoms with Crippen molar-refractivity contribution in [2.24, 2.45) is 0 Å². The molecule has 0 saturated heterocycles. The molecule has 3 rings (SSSR count). The minimum Gasteiger partial charge on any atom is -0.387 e. The Labute approximate surface area is 231 Å². The van der Waals surface area contributed by atoms with Gasteiger partial charge in [-0.05, 0) is 71.2 Å². The predicted molar refractivity (Wildman–Crippen MR) is 164 cm³/mol. The van der Waals surface area contributed by atoms with Crippen molar-refractivity contribution in [2.45, 2.75) is 110 Å². The maximum Gasteiger partial charge on any atom is 0.0917 e. The second-order valence-electron chi connectivity index (χ2n) is 11.0. The average molecular weight is 524 g/mol. The van der Waals surface area contributed by atoms with Crippen molar-refractivity contribution in [2.75, 3.05) is 19.6 Å². The highest BCUT2D eigenvalue weighted by molar-refractivity contribution is 6.31. The van der Waals surface area contributed by atoms with Gasteiger partial charge in [0.1, 0.15) is 0 Å². The van der Waals surface area contributed by atoms with Gasteiger partial charge in [0, 0.05) is 11.6 Å². The first-order valence-electron chi connectivity index (χ1n) is 15.1. The van der Waals surface area contributed by atoms with Gasteiger partial charge in [-0.3, -0.25) is 0 Å². The van der Waals surface area contributed by atoms with Crippen LogP contribution < -0.4 is 0 Å². The van der Waals surface area contributed by atoms with Crippen molar-refractivity contribution in [3.63, 3.8) is 0 Å². The van der Waals surface area contributed by atoms with Gasteiger partial charge in [0.15, 0.2) is 0 Å². The molecule has 1 atom stereocenters. The number of fused-ring (bicyclic) bond motifs is 3. The molecule has 0 spiro atoms. The molecule has 204 valence electrons. The van der Waals surface area contributed by atoms with E-state index < -0.39 is 6.10 Å². The Morgan fingerprint density at radius 3 is 1.65 bits per heavy atom. The highest BCUT2D eigenvalue weighted by atomic mass is 35.5. The molecule has 0 aliphatic carbocycles. The molecule has 0 saturated carbocycles. The summed E-state index contributed by atoms with van der Waals surface area (Å²) in [6.07, 6.45) is 18.1. The van der Waals surface area contributed by atoms with E-state index >= 15 is 0 Å². The summed E-state index contributed by atoms with van der Waals surface area (Å²) in [6, 6.07) is 16.8. The Bertz CT molecular complexity index is 1030. The lowest BCUT2D eigenvalue weighted by molar-refractivity contribution is 0.110. The third kappa shape index (κ3) is 10.2. The smallest absolute Gasteiger partial charge is 0.0917 e. The van der Waals surface area contributed by atoms with E-state index in [0.717, 1.165) is 29.1 Å². The van der Waals surface area contributed by atoms with E-state index in [2.05, 4.69) is 55.1 Å². The molecular weight excluding hydrogens is 474 g/mol. The van der Waals surface area contributed by atoms with Crippen LogP contribution >= 0.6 is 11.6 Å². The Hall–Kier alpha value is -1.61. The highest BCUT2D eigenvalue weighted by Gasteiger charge is 2.15. The molecule has 37 heavy (non-hydrogen) atoms. The van der Waals surface area contributed by atoms with Crippen LogP contribution in [-0.2, 0) is 0 Å². The molecule has 0 aliphatic heterocycles. The number of aliphatic hydroxyl groups excluding tert-OH is 1. The maximum absolute atomic E-state index is 11.3. The zero-order valence-corrected chi connectivity index (χ0v) is 24.2. The van der Waals surface area contributed by atoms with Crippen LogP contribution in [0.5, 0.6) is 0 Å². The maximum atomic E-state index is 11.3. The molecule has 0 heterocycles. The Balaban J connectivity index is 1.60. The number of unbranched alkanes of at least 4 members (excludes halogenated alkanes) is 12. The standard InChI is InChI=1S/C34H50ClNO/c1-3-5-7-9-11-13-15-23-36(24-16-14-12-10-8-6-4-2)27-34(37)30-20-19-28-17-18-29-21-22-31(35)26-33(29)32(28)25-30/h17-22,25-26,34,37H,3-16,23-24,27H2,1-2H3. The molecule has 3 aromatic carbocycles. The molecule has 1 N–H and O–H groups in total. The third-order valence-corrected chi connectivity index (χ3v) is 8.03. The SMILES string of the molecule is CCCCCCCCCN(CCCCCCCCC)CC(O)c1ccc2ccc3ccc(Cl)cc3c2c1. The van der Waals surface area contributed by atoms with E-state index in [1.807, 2.05) is 12.1 Å². The predicted octanol–water partition coefficient (Wildman–Crippen LogP) is 10.5. The molecule has 3 aromatic rings. The van der Waals surface area contributed by atoms with Crippen LogP contribution in [0.3, 0.4) is 0 Å². The number of rotatable bonds is 19. The van der Waals surface area contributed by atoms with Crippen molar-refractivity contribution in [3.8, 4) is 0 Å². The van der Waals surface area contributed by atoms with E-state index in [9.17, 15) is 5.11 Å². The topological polar surface area (TPSA) is 23.5 Å². The molecule has 1 unspecified atom stereocenters. The summed E-state index contributed by atoms with van der Waals surface area (Å²) in [5.41, 5.74) is 1.00. The summed E-state index contributed by atoms with van der Waals surface area (Å²) < 4.78 is 0. The number of hydrogen-bond acceptors (Lipinski definition) is 2. The molecule has 0 fully saturated rings. The lowest BCUT2D eigenvalue weighted by Gasteiger charge is -2.25. The van der Waals surface area contributed by atoms with Crippen molar-refractivity contribution in [3.05, 3.63) is 59.1 Å². The summed E-state index contributed by atoms with van der Waals surface area (Å²) in [6.45, 7) is 7.45. The quantitative estimate of drug-likeness (QED) is 0.125. The van der Waals surface area contributed by atoms with Gasteiger partial charge in [0.05, 0.1) is 6.10 Å². The van der Waals surface area contributed by atoms with Crippen LogP contribution in [0.25, 0.3) is 21.5 Å². The largest absolute Gasteiger partial charge is 0.387 e. The van der Waals surface area contributed by atoms with Gasteiger partial charge in [-0.25, -0.2) is 0 Å². The fourth-order valence-corrected chi connectivity index (χ4v) is 5.65. The van der Waals surface area contributed by atoms with Crippen LogP contribution in [-0.4, -0.2) is 29.6 Å². The molecule has 0 radical (unpaired) electrons. The van der Waals surface area contributed by atoms with Crippen LogP contribution in [0, 0.1) is 0 Å². The molecule has 2 nitrogen and oxygen atoms in total. The second-order valence-corrected chi connectivity index (χ2v) is 11.4. The first-order chi connectivity index (χ1) is 18.1. The Morgan fingerprint density at radius 2 is 1.08 bits per heavy atom. The second kappa shape index (κ2) is 17.1. The number of hydrogen-bond donors (Lipinski definition) is 1. The monoisotopic (exact) mass is 523 g/mol. The summed E-state index contributed by atoms with van der Waals surface area (Å²) in [5.74, 6) is 0. The number of nitrogens with zero attached hydrogens (tertiary/aromatic N) is 1. The minimum absolute atomic E-state index is 0.479. The van der Waals surface area contributed by atoms with E-state index in [4.69, 9.17) is 11.6 Å². The van der Waals surface area contributed by atoms with Crippen LogP contribution in [0.2, 0.25) is 5.02 Å². The van der Waals surface area contributed by atoms with Gasteiger partial charge in [0.25, 0.3) is 0 Å². The molecule has 0 amide bonds. The van der Waals surface area contributed by atoms with Crippen LogP contribution in [0.1, 0.15) is 115 Å². The third-order valence-electron chi connectivity index (χ3n) is 7.80. The molecule has 0 bridgehead atoms. The van der Waals surface area contributed by atoms with E-state index in [0.29, 0.717) is 6.54 Å². The van der Waals surface area contributed by atoms with Crippen molar-refractivity contribution >= 4 is 33.1 Å². The summed E-state index contributed by atoms with van der Waals surface area (Å²) in [5, 5.41) is 16.8. The lowest BCUT2D eigenvalue weighted by Crippen LogP contribution is -2.31. The zero-order chi connectivity index (χ0) is 26.3. The van der Waals surface area contributed by atoms with Crippen molar-refractivity contribution in [1.29, 1.82) is 0 Å². The molecular formula is C34H50ClNO. The van der Waals surface area contributed by atoms with Crippen molar-refractivity contribution < 1.29 is 5.11 Å². The van der Waals surface area contributed by atoms with Crippen molar-refractivity contribution in [1.82, 2.24) is 4.90 Å². The van der Waals surface area contributed by atoms with Gasteiger partial charge in [0.2, 0.25) is 0 Å². The summed E-state index contributed by atoms with van der Waals surface area (Å²) in [4.78, 5) is 2.52. The van der Waals surface area contributed by atoms with Gasteiger partial charge >= 0.3 is 0 Å². The van der Waals surface area contributed by atoms with Gasteiger partial charge in [-0.1, -0.05) is 133 Å². The molecule has 0 aromatic heterocycles. The van der Waals surface area contributed by atoms with E-state index in [1.165, 1.54) is 106 Å². The van der Waals surface area contributed by atoms with Crippen LogP contribution in [0.15, 0.2) is 48.5 Å². The van der Waals surface area contributed by atoms with Crippen LogP contribution in [0.4, 0.5) is 0 Å². The van der Waals surface area contributed by atoms with E-state index in [1.54, 1.807) is 0 Å². The van der Waals surface area contributed by atoms with Gasteiger partial charge in [-0.15, -0.1) is 0 Å². The summed E-state index contributed by atoms with van der Waals surface area (Å²) in [7, 11) is 0. The molecule has 3 heteroatoms. The fourth-order valence-electron chi connectivity index (χ4n) is 5.48.